The molecule has 3 rings (SSSR count). The summed E-state index contributed by atoms with van der Waals surface area (Å²) < 4.78 is 0. The third-order valence-corrected chi connectivity index (χ3v) is 4.28. The van der Waals surface area contributed by atoms with Crippen LogP contribution in [0.2, 0.25) is 0 Å². The van der Waals surface area contributed by atoms with Crippen molar-refractivity contribution >= 4 is 23.4 Å². The van der Waals surface area contributed by atoms with Crippen molar-refractivity contribution in [3.05, 3.63) is 64.7 Å². The lowest BCUT2D eigenvalue weighted by Gasteiger charge is -2.18. The molecule has 134 valence electrons. The largest absolute Gasteiger partial charge is 0.352 e. The van der Waals surface area contributed by atoms with E-state index in [1.807, 2.05) is 24.3 Å². The fourth-order valence-electron chi connectivity index (χ4n) is 2.99. The number of carbonyl (C=O) groups is 3. The standard InChI is InChI=1S/C20H21N3O3/c1-13(24)21-11-14-4-3-5-15(8-14)12-23(2)20(26)16-6-7-18-17(9-16)10-19(25)22-18/h3-9H,10-12H2,1-2H3,(H,21,24)(H,22,25). The van der Waals surface area contributed by atoms with Crippen LogP contribution in [0.3, 0.4) is 0 Å². The lowest BCUT2D eigenvalue weighted by Crippen LogP contribution is -2.26. The first-order valence-corrected chi connectivity index (χ1v) is 8.43. The minimum absolute atomic E-state index is 0.0473. The molecule has 1 heterocycles. The van der Waals surface area contributed by atoms with Crippen molar-refractivity contribution in [2.45, 2.75) is 26.4 Å². The molecule has 3 amide bonds. The van der Waals surface area contributed by atoms with E-state index >= 15 is 0 Å². The summed E-state index contributed by atoms with van der Waals surface area (Å²) in [6.07, 6.45) is 0.311. The van der Waals surface area contributed by atoms with E-state index in [0.717, 1.165) is 22.4 Å². The van der Waals surface area contributed by atoms with E-state index < -0.39 is 0 Å². The summed E-state index contributed by atoms with van der Waals surface area (Å²) >= 11 is 0. The second-order valence-corrected chi connectivity index (χ2v) is 6.49. The van der Waals surface area contributed by atoms with Crippen molar-refractivity contribution in [1.82, 2.24) is 10.2 Å². The summed E-state index contributed by atoms with van der Waals surface area (Å²) in [4.78, 5) is 36.8. The van der Waals surface area contributed by atoms with Gasteiger partial charge in [-0.15, -0.1) is 0 Å². The van der Waals surface area contributed by atoms with Crippen LogP contribution in [-0.4, -0.2) is 29.7 Å². The highest BCUT2D eigenvalue weighted by atomic mass is 16.2. The molecule has 0 spiro atoms. The Morgan fingerprint density at radius 3 is 2.69 bits per heavy atom. The highest BCUT2D eigenvalue weighted by molar-refractivity contribution is 6.01. The summed E-state index contributed by atoms with van der Waals surface area (Å²) in [5, 5.41) is 5.53. The Hall–Kier alpha value is -3.15. The molecule has 0 saturated heterocycles. The Labute approximate surface area is 152 Å². The highest BCUT2D eigenvalue weighted by Gasteiger charge is 2.20. The number of hydrogen-bond donors (Lipinski definition) is 2. The summed E-state index contributed by atoms with van der Waals surface area (Å²) in [5.41, 5.74) is 4.17. The van der Waals surface area contributed by atoms with Gasteiger partial charge in [-0.3, -0.25) is 14.4 Å². The third-order valence-electron chi connectivity index (χ3n) is 4.28. The van der Waals surface area contributed by atoms with Crippen LogP contribution in [0.4, 0.5) is 5.69 Å². The highest BCUT2D eigenvalue weighted by Crippen LogP contribution is 2.24. The molecule has 0 bridgehead atoms. The summed E-state index contributed by atoms with van der Waals surface area (Å²) in [5.74, 6) is -0.222. The Balaban J connectivity index is 1.68. The quantitative estimate of drug-likeness (QED) is 0.866. The van der Waals surface area contributed by atoms with E-state index in [9.17, 15) is 14.4 Å². The van der Waals surface area contributed by atoms with Gasteiger partial charge >= 0.3 is 0 Å². The van der Waals surface area contributed by atoms with Gasteiger partial charge in [0.2, 0.25) is 11.8 Å². The van der Waals surface area contributed by atoms with E-state index in [0.29, 0.717) is 25.1 Å². The maximum absolute atomic E-state index is 12.7. The summed E-state index contributed by atoms with van der Waals surface area (Å²) in [6, 6.07) is 13.1. The van der Waals surface area contributed by atoms with Gasteiger partial charge in [-0.25, -0.2) is 0 Å². The van der Waals surface area contributed by atoms with Crippen LogP contribution in [-0.2, 0) is 29.1 Å². The first kappa shape index (κ1) is 17.7. The van der Waals surface area contributed by atoms with Crippen LogP contribution in [0.15, 0.2) is 42.5 Å². The summed E-state index contributed by atoms with van der Waals surface area (Å²) in [6.45, 7) is 2.41. The van der Waals surface area contributed by atoms with Gasteiger partial charge < -0.3 is 15.5 Å². The Morgan fingerprint density at radius 2 is 1.92 bits per heavy atom. The predicted molar refractivity (Wildman–Crippen MR) is 98.5 cm³/mol. The van der Waals surface area contributed by atoms with Crippen LogP contribution in [0.1, 0.15) is 34.0 Å². The lowest BCUT2D eigenvalue weighted by molar-refractivity contribution is -0.119. The molecule has 1 aliphatic rings. The molecule has 0 atom stereocenters. The fourth-order valence-corrected chi connectivity index (χ4v) is 2.99. The molecule has 0 unspecified atom stereocenters. The monoisotopic (exact) mass is 351 g/mol. The van der Waals surface area contributed by atoms with E-state index in [1.54, 1.807) is 30.1 Å². The fraction of sp³-hybridized carbons (Fsp3) is 0.250. The van der Waals surface area contributed by atoms with Crippen LogP contribution >= 0.6 is 0 Å². The Bertz CT molecular complexity index is 876. The van der Waals surface area contributed by atoms with E-state index in [-0.39, 0.29) is 17.7 Å². The maximum Gasteiger partial charge on any atom is 0.253 e. The second kappa shape index (κ2) is 7.39. The first-order valence-electron chi connectivity index (χ1n) is 8.43. The van der Waals surface area contributed by atoms with Crippen LogP contribution in [0.5, 0.6) is 0 Å². The number of rotatable bonds is 5. The molecule has 26 heavy (non-hydrogen) atoms. The first-order chi connectivity index (χ1) is 12.4. The molecular formula is C20H21N3O3. The number of hydrogen-bond acceptors (Lipinski definition) is 3. The van der Waals surface area contributed by atoms with Gasteiger partial charge in [-0.2, -0.15) is 0 Å². The molecule has 2 aromatic rings. The number of carbonyl (C=O) groups excluding carboxylic acids is 3. The number of nitrogens with zero attached hydrogens (tertiary/aromatic N) is 1. The van der Waals surface area contributed by atoms with Crippen LogP contribution in [0.25, 0.3) is 0 Å². The van der Waals surface area contributed by atoms with Crippen molar-refractivity contribution < 1.29 is 14.4 Å². The van der Waals surface area contributed by atoms with Gasteiger partial charge in [0, 0.05) is 38.3 Å². The normalized spacial score (nSPS) is 12.3. The number of nitrogens with one attached hydrogen (secondary N) is 2. The van der Waals surface area contributed by atoms with Crippen LogP contribution in [0, 0.1) is 0 Å². The number of anilines is 1. The van der Waals surface area contributed by atoms with Gasteiger partial charge in [-0.1, -0.05) is 24.3 Å². The number of benzene rings is 2. The van der Waals surface area contributed by atoms with Gasteiger partial charge in [0.15, 0.2) is 0 Å². The molecule has 2 aromatic carbocycles. The smallest absolute Gasteiger partial charge is 0.253 e. The van der Waals surface area contributed by atoms with E-state index in [1.165, 1.54) is 6.92 Å². The van der Waals surface area contributed by atoms with Crippen molar-refractivity contribution in [3.63, 3.8) is 0 Å². The summed E-state index contributed by atoms with van der Waals surface area (Å²) in [7, 11) is 1.75. The Kier molecular flexibility index (Phi) is 5.02. The minimum atomic E-state index is -0.0978. The molecule has 6 nitrogen and oxygen atoms in total. The molecule has 1 aliphatic heterocycles. The van der Waals surface area contributed by atoms with Crippen LogP contribution < -0.4 is 10.6 Å². The zero-order valence-electron chi connectivity index (χ0n) is 14.8. The van der Waals surface area contributed by atoms with Crippen molar-refractivity contribution in [2.24, 2.45) is 0 Å². The van der Waals surface area contributed by atoms with Gasteiger partial charge in [0.05, 0.1) is 6.42 Å². The van der Waals surface area contributed by atoms with Gasteiger partial charge in [-0.05, 0) is 34.9 Å². The van der Waals surface area contributed by atoms with E-state index in [4.69, 9.17) is 0 Å². The minimum Gasteiger partial charge on any atom is -0.352 e. The lowest BCUT2D eigenvalue weighted by atomic mass is 10.1. The Morgan fingerprint density at radius 1 is 1.15 bits per heavy atom. The zero-order valence-corrected chi connectivity index (χ0v) is 14.8. The molecule has 6 heteroatoms. The van der Waals surface area contributed by atoms with E-state index in [2.05, 4.69) is 10.6 Å². The van der Waals surface area contributed by atoms with Crippen molar-refractivity contribution in [2.75, 3.05) is 12.4 Å². The topological polar surface area (TPSA) is 78.5 Å². The van der Waals surface area contributed by atoms with Gasteiger partial charge in [0.1, 0.15) is 0 Å². The average molecular weight is 351 g/mol. The predicted octanol–water partition coefficient (Wildman–Crippen LogP) is 2.09. The molecule has 0 saturated carbocycles. The molecule has 0 aromatic heterocycles. The average Bonchev–Trinajstić information content (AvgIpc) is 2.98. The van der Waals surface area contributed by atoms with Crippen molar-refractivity contribution in [1.29, 1.82) is 0 Å². The number of fused-ring (bicyclic) bond motifs is 1. The third kappa shape index (κ3) is 4.08. The molecule has 0 radical (unpaired) electrons. The van der Waals surface area contributed by atoms with Gasteiger partial charge in [0.25, 0.3) is 5.91 Å². The molecule has 0 aliphatic carbocycles. The number of amides is 3. The maximum atomic E-state index is 12.7. The second-order valence-electron chi connectivity index (χ2n) is 6.49. The van der Waals surface area contributed by atoms with Crippen molar-refractivity contribution in [3.8, 4) is 0 Å². The SMILES string of the molecule is CC(=O)NCc1cccc(CN(C)C(=O)c2ccc3c(c2)CC(=O)N3)c1. The molecule has 0 fully saturated rings. The molecular weight excluding hydrogens is 330 g/mol. The molecule has 2 N–H and O–H groups in total. The zero-order chi connectivity index (χ0) is 18.7.